The molecule has 0 aromatic heterocycles. The maximum Gasteiger partial charge on any atom is 0.191 e. The zero-order valence-corrected chi connectivity index (χ0v) is 5.91. The van der Waals surface area contributed by atoms with Crippen LogP contribution in [0.3, 0.4) is 0 Å². The molecule has 0 heterocycles. The summed E-state index contributed by atoms with van der Waals surface area (Å²) in [5.41, 5.74) is 0. The second kappa shape index (κ2) is 4.20. The van der Waals surface area contributed by atoms with Crippen molar-refractivity contribution in [2.75, 3.05) is 6.54 Å². The first-order valence-corrected chi connectivity index (χ1v) is 2.96. The predicted molar refractivity (Wildman–Crippen MR) is 36.8 cm³/mol. The third-order valence-corrected chi connectivity index (χ3v) is 1.000. The van der Waals surface area contributed by atoms with Crippen molar-refractivity contribution in [2.24, 2.45) is 0 Å². The molecule has 0 aliphatic heterocycles. The van der Waals surface area contributed by atoms with E-state index >= 15 is 0 Å². The van der Waals surface area contributed by atoms with Crippen LogP contribution in [-0.4, -0.2) is 11.7 Å². The smallest absolute Gasteiger partial charge is 0.191 e. The van der Waals surface area contributed by atoms with Crippen LogP contribution in [0.5, 0.6) is 0 Å². The number of hydroxylamine groups is 1. The SMILES string of the molecule is O=C(S)CC[NH+]([O-])S. The van der Waals surface area contributed by atoms with Gasteiger partial charge in [0.2, 0.25) is 0 Å². The summed E-state index contributed by atoms with van der Waals surface area (Å²) in [5.74, 6) is 0. The molecule has 1 N–H and O–H groups in total. The summed E-state index contributed by atoms with van der Waals surface area (Å²) in [6.07, 6.45) is 0.186. The number of carbonyl (C=O) groups is 1. The topological polar surface area (TPSA) is 44.6 Å². The van der Waals surface area contributed by atoms with Crippen LogP contribution in [0.25, 0.3) is 0 Å². The molecule has 1 atom stereocenters. The van der Waals surface area contributed by atoms with Gasteiger partial charge in [0.05, 0.1) is 25.8 Å². The van der Waals surface area contributed by atoms with Crippen LogP contribution in [0.1, 0.15) is 6.42 Å². The molecule has 0 fully saturated rings. The van der Waals surface area contributed by atoms with Crippen LogP contribution in [0.15, 0.2) is 0 Å². The molecule has 0 rings (SSSR count). The molecular weight excluding hydrogens is 146 g/mol. The fourth-order valence-electron chi connectivity index (χ4n) is 0.214. The zero-order valence-electron chi connectivity index (χ0n) is 4.13. The predicted octanol–water partition coefficient (Wildman–Crippen LogP) is -0.940. The number of carbonyl (C=O) groups excluding carboxylic acids is 1. The molecule has 8 heavy (non-hydrogen) atoms. The minimum atomic E-state index is -0.271. The Labute approximate surface area is 58.6 Å². The standard InChI is InChI=1S/C3H7NO2S2/c5-3(7)1-2-4(6)8/h4,8H,1-2H2,(H,5,7). The molecule has 0 saturated heterocycles. The average molecular weight is 153 g/mol. The van der Waals surface area contributed by atoms with Crippen LogP contribution < -0.4 is 4.47 Å². The molecule has 1 unspecified atom stereocenters. The van der Waals surface area contributed by atoms with Crippen LogP contribution in [0.2, 0.25) is 0 Å². The third kappa shape index (κ3) is 6.29. The quantitative estimate of drug-likeness (QED) is 0.362. The summed E-state index contributed by atoms with van der Waals surface area (Å²) < 4.78 is -0.271. The zero-order chi connectivity index (χ0) is 6.57. The first-order chi connectivity index (χ1) is 3.63. The van der Waals surface area contributed by atoms with E-state index in [1.165, 1.54) is 0 Å². The minimum Gasteiger partial charge on any atom is -0.622 e. The molecule has 48 valence electrons. The van der Waals surface area contributed by atoms with Gasteiger partial charge in [0.25, 0.3) is 0 Å². The van der Waals surface area contributed by atoms with Gasteiger partial charge in [0.15, 0.2) is 5.12 Å². The lowest BCUT2D eigenvalue weighted by atomic mass is 10.5. The van der Waals surface area contributed by atoms with Gasteiger partial charge in [-0.2, -0.15) is 0 Å². The summed E-state index contributed by atoms with van der Waals surface area (Å²) in [7, 11) is 0. The second-order valence-electron chi connectivity index (χ2n) is 1.29. The Morgan fingerprint density at radius 3 is 2.38 bits per heavy atom. The monoisotopic (exact) mass is 153 g/mol. The molecule has 0 aliphatic carbocycles. The summed E-state index contributed by atoms with van der Waals surface area (Å²) in [5, 5.41) is 9.76. The highest BCUT2D eigenvalue weighted by molar-refractivity contribution is 7.96. The van der Waals surface area contributed by atoms with Crippen molar-refractivity contribution in [2.45, 2.75) is 6.42 Å². The molecule has 3 nitrogen and oxygen atoms in total. The number of nitrogens with one attached hydrogen (secondary N) is 1. The van der Waals surface area contributed by atoms with Gasteiger partial charge in [-0.1, -0.05) is 0 Å². The van der Waals surface area contributed by atoms with Crippen LogP contribution in [0.4, 0.5) is 0 Å². The van der Waals surface area contributed by atoms with E-state index < -0.39 is 0 Å². The van der Waals surface area contributed by atoms with Crippen molar-refractivity contribution in [3.63, 3.8) is 0 Å². The van der Waals surface area contributed by atoms with E-state index in [1.807, 2.05) is 0 Å². The minimum absolute atomic E-state index is 0.186. The Morgan fingerprint density at radius 2 is 2.25 bits per heavy atom. The van der Waals surface area contributed by atoms with Crippen molar-refractivity contribution in [3.05, 3.63) is 5.21 Å². The lowest BCUT2D eigenvalue weighted by Gasteiger charge is -2.10. The molecule has 0 bridgehead atoms. The van der Waals surface area contributed by atoms with Gasteiger partial charge in [-0.05, 0) is 0 Å². The average Bonchev–Trinajstić information content (AvgIpc) is 1.61. The van der Waals surface area contributed by atoms with Crippen molar-refractivity contribution >= 4 is 30.6 Å². The van der Waals surface area contributed by atoms with Crippen LogP contribution >= 0.6 is 25.4 Å². The van der Waals surface area contributed by atoms with Crippen molar-refractivity contribution in [1.29, 1.82) is 0 Å². The number of hydrogen-bond acceptors (Lipinski definition) is 3. The van der Waals surface area contributed by atoms with E-state index in [2.05, 4.69) is 25.4 Å². The maximum absolute atomic E-state index is 10.0. The molecule has 0 spiro atoms. The maximum atomic E-state index is 10.0. The summed E-state index contributed by atoms with van der Waals surface area (Å²) >= 11 is 6.90. The van der Waals surface area contributed by atoms with Crippen LogP contribution in [-0.2, 0) is 4.79 Å². The largest absolute Gasteiger partial charge is 0.622 e. The Morgan fingerprint density at radius 1 is 1.75 bits per heavy atom. The van der Waals surface area contributed by atoms with Crippen molar-refractivity contribution < 1.29 is 9.26 Å². The summed E-state index contributed by atoms with van der Waals surface area (Å²) in [6.45, 7) is 0.186. The number of thiol groups is 2. The number of quaternary nitrogens is 1. The van der Waals surface area contributed by atoms with Gasteiger partial charge in [0, 0.05) is 0 Å². The molecule has 0 aromatic rings. The molecule has 0 aromatic carbocycles. The number of rotatable bonds is 3. The normalized spacial score (nSPS) is 13.4. The van der Waals surface area contributed by atoms with E-state index in [1.54, 1.807) is 0 Å². The molecule has 0 aliphatic rings. The van der Waals surface area contributed by atoms with Gasteiger partial charge < -0.3 is 9.68 Å². The summed E-state index contributed by atoms with van der Waals surface area (Å²) in [4.78, 5) is 10.0. The fourth-order valence-corrected chi connectivity index (χ4v) is 0.437. The second-order valence-corrected chi connectivity index (χ2v) is 2.29. The lowest BCUT2D eigenvalue weighted by Crippen LogP contribution is -2.97. The van der Waals surface area contributed by atoms with Crippen LogP contribution in [0, 0.1) is 5.21 Å². The lowest BCUT2D eigenvalue weighted by molar-refractivity contribution is -0.689. The van der Waals surface area contributed by atoms with Crippen molar-refractivity contribution in [1.82, 2.24) is 0 Å². The van der Waals surface area contributed by atoms with Gasteiger partial charge in [-0.25, -0.2) is 0 Å². The Hall–Kier alpha value is 0.290. The van der Waals surface area contributed by atoms with Gasteiger partial charge >= 0.3 is 0 Å². The van der Waals surface area contributed by atoms with E-state index in [-0.39, 0.29) is 22.5 Å². The highest BCUT2D eigenvalue weighted by Gasteiger charge is 1.95. The van der Waals surface area contributed by atoms with Crippen molar-refractivity contribution in [3.8, 4) is 0 Å². The van der Waals surface area contributed by atoms with E-state index in [0.717, 1.165) is 0 Å². The molecule has 0 amide bonds. The summed E-state index contributed by atoms with van der Waals surface area (Å²) in [6, 6.07) is 0. The van der Waals surface area contributed by atoms with E-state index in [0.29, 0.717) is 0 Å². The third-order valence-electron chi connectivity index (χ3n) is 0.553. The molecular formula is C3H7NO2S2. The Kier molecular flexibility index (Phi) is 4.35. The van der Waals surface area contributed by atoms with Gasteiger partial charge in [0.1, 0.15) is 0 Å². The molecule has 0 saturated carbocycles. The first-order valence-electron chi connectivity index (χ1n) is 2.06. The van der Waals surface area contributed by atoms with E-state index in [4.69, 9.17) is 0 Å². The fraction of sp³-hybridized carbons (Fsp3) is 0.667. The van der Waals surface area contributed by atoms with E-state index in [9.17, 15) is 10.0 Å². The van der Waals surface area contributed by atoms with Gasteiger partial charge in [-0.3, -0.25) is 4.79 Å². The molecule has 0 radical (unpaired) electrons. The molecule has 5 heteroatoms. The highest BCUT2D eigenvalue weighted by Crippen LogP contribution is 1.81. The highest BCUT2D eigenvalue weighted by atomic mass is 32.1. The Bertz CT molecular complexity index is 85.4. The Balaban J connectivity index is 3.05. The van der Waals surface area contributed by atoms with Gasteiger partial charge in [-0.15, -0.1) is 12.6 Å². The first kappa shape index (κ1) is 8.29. The number of hydrogen-bond donors (Lipinski definition) is 3.